The molecule has 0 spiro atoms. The zero-order valence-electron chi connectivity index (χ0n) is 11.4. The smallest absolute Gasteiger partial charge is 0.326 e. The van der Waals surface area contributed by atoms with E-state index in [1.165, 1.54) is 4.90 Å². The maximum absolute atomic E-state index is 12.0. The van der Waals surface area contributed by atoms with Gasteiger partial charge in [-0.05, 0) is 12.1 Å². The van der Waals surface area contributed by atoms with E-state index in [4.69, 9.17) is 10.8 Å². The van der Waals surface area contributed by atoms with Gasteiger partial charge in [0.25, 0.3) is 5.91 Å². The van der Waals surface area contributed by atoms with Gasteiger partial charge < -0.3 is 21.1 Å². The number of hydrogen-bond acceptors (Lipinski definition) is 4. The van der Waals surface area contributed by atoms with Gasteiger partial charge in [-0.15, -0.1) is 0 Å². The normalized spacial score (nSPS) is 21.1. The van der Waals surface area contributed by atoms with E-state index in [1.54, 1.807) is 30.3 Å². The number of nitrogens with one attached hydrogen (secondary N) is 1. The predicted octanol–water partition coefficient (Wildman–Crippen LogP) is -0.571. The standard InChI is InChI=1S/C14H17N3O4/c15-7-12(18)17-8-10(6-11(17)14(20)21)16-13(19)9-4-2-1-3-5-9/h1-5,10-11H,6-8,15H2,(H,16,19)(H,20,21)/t10-,11+/m1/s1. The van der Waals surface area contributed by atoms with Crippen LogP contribution in [0, 0.1) is 0 Å². The van der Waals surface area contributed by atoms with Crippen molar-refractivity contribution in [3.63, 3.8) is 0 Å². The highest BCUT2D eigenvalue weighted by Gasteiger charge is 2.39. The van der Waals surface area contributed by atoms with Crippen molar-refractivity contribution in [3.05, 3.63) is 35.9 Å². The molecular weight excluding hydrogens is 274 g/mol. The third-order valence-electron chi connectivity index (χ3n) is 3.45. The molecule has 1 aromatic rings. The van der Waals surface area contributed by atoms with Crippen molar-refractivity contribution in [2.75, 3.05) is 13.1 Å². The van der Waals surface area contributed by atoms with E-state index in [2.05, 4.69) is 5.32 Å². The molecule has 1 heterocycles. The number of likely N-dealkylation sites (tertiary alicyclic amines) is 1. The quantitative estimate of drug-likeness (QED) is 0.687. The molecule has 2 amide bonds. The van der Waals surface area contributed by atoms with Crippen LogP contribution in [0.4, 0.5) is 0 Å². The summed E-state index contributed by atoms with van der Waals surface area (Å²) in [6, 6.07) is 7.29. The lowest BCUT2D eigenvalue weighted by Gasteiger charge is -2.20. The van der Waals surface area contributed by atoms with E-state index in [0.717, 1.165) is 0 Å². The third-order valence-corrected chi connectivity index (χ3v) is 3.45. The average molecular weight is 291 g/mol. The lowest BCUT2D eigenvalue weighted by molar-refractivity contribution is -0.147. The molecule has 7 heteroatoms. The van der Waals surface area contributed by atoms with Gasteiger partial charge in [-0.1, -0.05) is 18.2 Å². The van der Waals surface area contributed by atoms with E-state index in [0.29, 0.717) is 5.56 Å². The number of aliphatic carboxylic acids is 1. The summed E-state index contributed by atoms with van der Waals surface area (Å²) >= 11 is 0. The number of amides is 2. The molecule has 0 saturated carbocycles. The fourth-order valence-corrected chi connectivity index (χ4v) is 2.43. The van der Waals surface area contributed by atoms with Crippen molar-refractivity contribution < 1.29 is 19.5 Å². The number of benzene rings is 1. The van der Waals surface area contributed by atoms with Crippen LogP contribution < -0.4 is 11.1 Å². The van der Waals surface area contributed by atoms with Crippen LogP contribution in [-0.2, 0) is 9.59 Å². The van der Waals surface area contributed by atoms with Crippen LogP contribution in [0.1, 0.15) is 16.8 Å². The van der Waals surface area contributed by atoms with E-state index in [-0.39, 0.29) is 25.4 Å². The predicted molar refractivity (Wildman–Crippen MR) is 74.5 cm³/mol. The maximum atomic E-state index is 12.0. The minimum Gasteiger partial charge on any atom is -0.480 e. The van der Waals surface area contributed by atoms with Gasteiger partial charge in [0.05, 0.1) is 6.54 Å². The minimum absolute atomic E-state index is 0.158. The Balaban J connectivity index is 2.04. The highest BCUT2D eigenvalue weighted by atomic mass is 16.4. The van der Waals surface area contributed by atoms with Crippen LogP contribution in [0.2, 0.25) is 0 Å². The molecule has 0 aromatic heterocycles. The number of carboxylic acids is 1. The Morgan fingerprint density at radius 2 is 1.95 bits per heavy atom. The Bertz CT molecular complexity index is 546. The van der Waals surface area contributed by atoms with Gasteiger partial charge in [-0.3, -0.25) is 9.59 Å². The van der Waals surface area contributed by atoms with Gasteiger partial charge in [0.1, 0.15) is 6.04 Å². The first-order valence-electron chi connectivity index (χ1n) is 6.61. The Hall–Kier alpha value is -2.41. The Morgan fingerprint density at radius 3 is 2.52 bits per heavy atom. The molecule has 1 aliphatic heterocycles. The first kappa shape index (κ1) is 15.0. The van der Waals surface area contributed by atoms with Gasteiger partial charge in [-0.25, -0.2) is 4.79 Å². The summed E-state index contributed by atoms with van der Waals surface area (Å²) in [5, 5.41) is 11.9. The third kappa shape index (κ3) is 3.38. The molecule has 0 radical (unpaired) electrons. The molecular formula is C14H17N3O4. The summed E-state index contributed by atoms with van der Waals surface area (Å²) in [4.78, 5) is 36.1. The fourth-order valence-electron chi connectivity index (χ4n) is 2.43. The number of nitrogens with zero attached hydrogens (tertiary/aromatic N) is 1. The van der Waals surface area contributed by atoms with Crippen LogP contribution in [0.25, 0.3) is 0 Å². The van der Waals surface area contributed by atoms with Crippen molar-refractivity contribution in [1.82, 2.24) is 10.2 Å². The van der Waals surface area contributed by atoms with Crippen LogP contribution in [0.3, 0.4) is 0 Å². The Kier molecular flexibility index (Phi) is 4.54. The number of rotatable bonds is 4. The van der Waals surface area contributed by atoms with Gasteiger partial charge >= 0.3 is 5.97 Å². The summed E-state index contributed by atoms with van der Waals surface area (Å²) in [6.07, 6.45) is 0.180. The van der Waals surface area contributed by atoms with Crippen molar-refractivity contribution in [1.29, 1.82) is 0 Å². The molecule has 0 bridgehead atoms. The fraction of sp³-hybridized carbons (Fsp3) is 0.357. The van der Waals surface area contributed by atoms with E-state index >= 15 is 0 Å². The number of carbonyl (C=O) groups excluding carboxylic acids is 2. The van der Waals surface area contributed by atoms with Crippen LogP contribution >= 0.6 is 0 Å². The van der Waals surface area contributed by atoms with Gasteiger partial charge in [-0.2, -0.15) is 0 Å². The second kappa shape index (κ2) is 6.36. The van der Waals surface area contributed by atoms with Gasteiger partial charge in [0.15, 0.2) is 0 Å². The van der Waals surface area contributed by atoms with Crippen LogP contribution in [0.5, 0.6) is 0 Å². The molecule has 0 unspecified atom stereocenters. The van der Waals surface area contributed by atoms with Gasteiger partial charge in [0.2, 0.25) is 5.91 Å². The van der Waals surface area contributed by atoms with Crippen LogP contribution in [-0.4, -0.2) is 53.0 Å². The largest absolute Gasteiger partial charge is 0.480 e. The monoisotopic (exact) mass is 291 g/mol. The molecule has 7 nitrogen and oxygen atoms in total. The first-order chi connectivity index (χ1) is 10.0. The molecule has 21 heavy (non-hydrogen) atoms. The zero-order valence-corrected chi connectivity index (χ0v) is 11.4. The lowest BCUT2D eigenvalue weighted by atomic mass is 10.1. The molecule has 4 N–H and O–H groups in total. The molecule has 1 saturated heterocycles. The molecule has 1 aliphatic rings. The van der Waals surface area contributed by atoms with Crippen molar-refractivity contribution in [3.8, 4) is 0 Å². The maximum Gasteiger partial charge on any atom is 0.326 e. The van der Waals surface area contributed by atoms with Crippen molar-refractivity contribution in [2.45, 2.75) is 18.5 Å². The topological polar surface area (TPSA) is 113 Å². The Labute approximate surface area is 121 Å². The Morgan fingerprint density at radius 1 is 1.29 bits per heavy atom. The molecule has 2 atom stereocenters. The zero-order chi connectivity index (χ0) is 15.4. The van der Waals surface area contributed by atoms with Crippen molar-refractivity contribution >= 4 is 17.8 Å². The summed E-state index contributed by atoms with van der Waals surface area (Å²) in [7, 11) is 0. The van der Waals surface area contributed by atoms with E-state index < -0.39 is 24.0 Å². The molecule has 112 valence electrons. The molecule has 2 rings (SSSR count). The second-order valence-electron chi connectivity index (χ2n) is 4.88. The lowest BCUT2D eigenvalue weighted by Crippen LogP contribution is -2.44. The summed E-state index contributed by atoms with van der Waals surface area (Å²) in [5.74, 6) is -1.81. The van der Waals surface area contributed by atoms with Crippen molar-refractivity contribution in [2.24, 2.45) is 5.73 Å². The molecule has 1 fully saturated rings. The minimum atomic E-state index is -1.09. The number of nitrogens with two attached hydrogens (primary N) is 1. The second-order valence-corrected chi connectivity index (χ2v) is 4.88. The summed E-state index contributed by atoms with van der Waals surface area (Å²) in [5.41, 5.74) is 5.77. The van der Waals surface area contributed by atoms with E-state index in [1.807, 2.05) is 0 Å². The van der Waals surface area contributed by atoms with Gasteiger partial charge in [0, 0.05) is 24.6 Å². The number of carbonyl (C=O) groups is 3. The first-order valence-corrected chi connectivity index (χ1v) is 6.61. The molecule has 0 aliphatic carbocycles. The number of hydrogen-bond donors (Lipinski definition) is 3. The SMILES string of the molecule is NCC(=O)N1C[C@H](NC(=O)c2ccccc2)C[C@H]1C(=O)O. The molecule has 1 aromatic carbocycles. The summed E-state index contributed by atoms with van der Waals surface area (Å²) < 4.78 is 0. The van der Waals surface area contributed by atoms with E-state index in [9.17, 15) is 14.4 Å². The summed E-state index contributed by atoms with van der Waals surface area (Å²) in [6.45, 7) is -0.0886. The highest BCUT2D eigenvalue weighted by Crippen LogP contribution is 2.18. The number of carboxylic acid groups (broad SMARTS) is 1. The van der Waals surface area contributed by atoms with Crippen LogP contribution in [0.15, 0.2) is 30.3 Å². The average Bonchev–Trinajstić information content (AvgIpc) is 2.91. The highest BCUT2D eigenvalue weighted by molar-refractivity contribution is 5.94.